The van der Waals surface area contributed by atoms with Gasteiger partial charge in [0, 0.05) is 54.2 Å². The molecule has 1 fully saturated rings. The van der Waals surface area contributed by atoms with E-state index in [1.807, 2.05) is 49.1 Å². The first-order valence-electron chi connectivity index (χ1n) is 13.1. The summed E-state index contributed by atoms with van der Waals surface area (Å²) >= 11 is 0. The highest BCUT2D eigenvalue weighted by Crippen LogP contribution is 2.31. The highest BCUT2D eigenvalue weighted by atomic mass is 15.2. The third-order valence-electron chi connectivity index (χ3n) is 7.33. The van der Waals surface area contributed by atoms with Crippen LogP contribution in [0.25, 0.3) is 56.0 Å². The van der Waals surface area contributed by atoms with Crippen LogP contribution in [0.4, 0.5) is 0 Å². The summed E-state index contributed by atoms with van der Waals surface area (Å²) in [5.41, 5.74) is 8.76. The molecule has 0 radical (unpaired) electrons. The number of pyridine rings is 4. The molecule has 3 N–H and O–H groups in total. The molecule has 0 bridgehead atoms. The summed E-state index contributed by atoms with van der Waals surface area (Å²) in [6.45, 7) is 1.88. The SMILES string of the molecule is c1cncc(-c2cncc3[nH]c(-c4n[nH]c5ccc(-c6cncc(CNCC7CCCC7)c6)nc45)nc23)c1. The molecule has 0 spiro atoms. The molecule has 1 aliphatic carbocycles. The number of aromatic nitrogens is 8. The van der Waals surface area contributed by atoms with Crippen LogP contribution in [0.5, 0.6) is 0 Å². The van der Waals surface area contributed by atoms with Gasteiger partial charge < -0.3 is 10.3 Å². The summed E-state index contributed by atoms with van der Waals surface area (Å²) in [6.07, 6.45) is 16.4. The van der Waals surface area contributed by atoms with Crippen molar-refractivity contribution in [1.29, 1.82) is 0 Å². The zero-order valence-corrected chi connectivity index (χ0v) is 20.9. The van der Waals surface area contributed by atoms with Gasteiger partial charge in [-0.05, 0) is 55.1 Å². The predicted octanol–water partition coefficient (Wildman–Crippen LogP) is 5.30. The Hall–Kier alpha value is -4.50. The van der Waals surface area contributed by atoms with Crippen LogP contribution in [0.2, 0.25) is 0 Å². The van der Waals surface area contributed by atoms with E-state index in [9.17, 15) is 0 Å². The van der Waals surface area contributed by atoms with E-state index in [1.54, 1.807) is 12.4 Å². The molecule has 0 aromatic carbocycles. The second kappa shape index (κ2) is 9.75. The number of imidazole rings is 1. The number of nitrogens with one attached hydrogen (secondary N) is 3. The molecule has 0 aliphatic heterocycles. The number of hydrogen-bond donors (Lipinski definition) is 3. The van der Waals surface area contributed by atoms with E-state index in [-0.39, 0.29) is 0 Å². The van der Waals surface area contributed by atoms with Gasteiger partial charge in [-0.1, -0.05) is 18.9 Å². The topological polar surface area (TPSA) is 121 Å². The maximum absolute atomic E-state index is 4.98. The van der Waals surface area contributed by atoms with Gasteiger partial charge in [-0.3, -0.25) is 20.1 Å². The van der Waals surface area contributed by atoms with Crippen LogP contribution in [0, 0.1) is 5.92 Å². The Morgan fingerprint density at radius 3 is 2.63 bits per heavy atom. The molecule has 0 unspecified atom stereocenters. The fraction of sp³-hybridized carbons (Fsp3) is 0.241. The van der Waals surface area contributed by atoms with Gasteiger partial charge in [-0.15, -0.1) is 0 Å². The average Bonchev–Trinajstić information content (AvgIpc) is 3.73. The minimum absolute atomic E-state index is 0.636. The number of rotatable bonds is 7. The number of nitrogens with zero attached hydrogens (tertiary/aromatic N) is 6. The van der Waals surface area contributed by atoms with Crippen LogP contribution in [-0.4, -0.2) is 46.6 Å². The molecule has 6 aromatic heterocycles. The summed E-state index contributed by atoms with van der Waals surface area (Å²) in [5, 5.41) is 11.3. The van der Waals surface area contributed by atoms with E-state index in [0.717, 1.165) is 69.0 Å². The molecule has 0 saturated heterocycles. The standard InChI is InChI=1S/C29H27N9/c1-2-5-18(4-1)11-31-12-19-10-21(15-32-13-19)23-7-8-24-27(34-23)28(38-37-24)29-35-25-17-33-16-22(26(25)36-29)20-6-3-9-30-14-20/h3,6-10,13-18,31H,1-2,4-5,11-12H2,(H,35,36)(H,37,38). The Labute approximate surface area is 219 Å². The van der Waals surface area contributed by atoms with Crippen molar-refractivity contribution in [3.8, 4) is 33.9 Å². The van der Waals surface area contributed by atoms with E-state index in [0.29, 0.717) is 11.5 Å². The third kappa shape index (κ3) is 4.31. The highest BCUT2D eigenvalue weighted by molar-refractivity contribution is 5.95. The molecule has 1 aliphatic rings. The van der Waals surface area contributed by atoms with Crippen LogP contribution < -0.4 is 5.32 Å². The molecule has 0 amide bonds. The van der Waals surface area contributed by atoms with Crippen LogP contribution in [-0.2, 0) is 6.54 Å². The maximum atomic E-state index is 4.98. The molecule has 0 atom stereocenters. The average molecular weight is 502 g/mol. The molecule has 6 aromatic rings. The summed E-state index contributed by atoms with van der Waals surface area (Å²) in [6, 6.07) is 10.1. The summed E-state index contributed by atoms with van der Waals surface area (Å²) in [4.78, 5) is 26.4. The van der Waals surface area contributed by atoms with Gasteiger partial charge in [0.1, 0.15) is 11.0 Å². The van der Waals surface area contributed by atoms with Crippen molar-refractivity contribution >= 4 is 22.1 Å². The van der Waals surface area contributed by atoms with Gasteiger partial charge in [0.05, 0.1) is 22.9 Å². The number of aromatic amines is 2. The zero-order chi connectivity index (χ0) is 25.3. The van der Waals surface area contributed by atoms with Crippen molar-refractivity contribution in [2.24, 2.45) is 5.92 Å². The third-order valence-corrected chi connectivity index (χ3v) is 7.33. The van der Waals surface area contributed by atoms with Crippen LogP contribution >= 0.6 is 0 Å². The molecule has 188 valence electrons. The lowest BCUT2D eigenvalue weighted by Crippen LogP contribution is -2.20. The molecule has 38 heavy (non-hydrogen) atoms. The van der Waals surface area contributed by atoms with Crippen LogP contribution in [0.3, 0.4) is 0 Å². The summed E-state index contributed by atoms with van der Waals surface area (Å²) < 4.78 is 0. The second-order valence-electron chi connectivity index (χ2n) is 9.94. The Morgan fingerprint density at radius 1 is 0.842 bits per heavy atom. The highest BCUT2D eigenvalue weighted by Gasteiger charge is 2.18. The molecular formula is C29H27N9. The minimum Gasteiger partial charge on any atom is -0.335 e. The van der Waals surface area contributed by atoms with E-state index in [1.165, 1.54) is 25.7 Å². The minimum atomic E-state index is 0.636. The van der Waals surface area contributed by atoms with Gasteiger partial charge in [0.15, 0.2) is 11.5 Å². The van der Waals surface area contributed by atoms with Crippen LogP contribution in [0.15, 0.2) is 67.5 Å². The van der Waals surface area contributed by atoms with E-state index >= 15 is 0 Å². The fourth-order valence-electron chi connectivity index (χ4n) is 5.36. The number of H-pyrrole nitrogens is 2. The number of hydrogen-bond acceptors (Lipinski definition) is 7. The Kier molecular flexibility index (Phi) is 5.82. The monoisotopic (exact) mass is 501 g/mol. The molecular weight excluding hydrogens is 474 g/mol. The fourth-order valence-corrected chi connectivity index (χ4v) is 5.36. The van der Waals surface area contributed by atoms with Gasteiger partial charge in [0.2, 0.25) is 0 Å². The summed E-state index contributed by atoms with van der Waals surface area (Å²) in [5.74, 6) is 1.45. The maximum Gasteiger partial charge on any atom is 0.161 e. The van der Waals surface area contributed by atoms with E-state index in [4.69, 9.17) is 9.97 Å². The van der Waals surface area contributed by atoms with Crippen molar-refractivity contribution in [2.45, 2.75) is 32.2 Å². The zero-order valence-electron chi connectivity index (χ0n) is 20.9. The Morgan fingerprint density at radius 2 is 1.74 bits per heavy atom. The first kappa shape index (κ1) is 22.7. The molecule has 9 nitrogen and oxygen atoms in total. The lowest BCUT2D eigenvalue weighted by atomic mass is 10.1. The van der Waals surface area contributed by atoms with Crippen LogP contribution in [0.1, 0.15) is 31.2 Å². The lowest BCUT2D eigenvalue weighted by Gasteiger charge is -2.11. The quantitative estimate of drug-likeness (QED) is 0.271. The molecule has 1 saturated carbocycles. The molecule has 9 heteroatoms. The Balaban J connectivity index is 1.20. The first-order chi connectivity index (χ1) is 18.8. The molecule has 7 rings (SSSR count). The van der Waals surface area contributed by atoms with Crippen molar-refractivity contribution in [1.82, 2.24) is 45.4 Å². The van der Waals surface area contributed by atoms with Gasteiger partial charge >= 0.3 is 0 Å². The van der Waals surface area contributed by atoms with Gasteiger partial charge in [0.25, 0.3) is 0 Å². The second-order valence-corrected chi connectivity index (χ2v) is 9.94. The van der Waals surface area contributed by atoms with Crippen molar-refractivity contribution in [3.05, 3.63) is 73.1 Å². The van der Waals surface area contributed by atoms with Gasteiger partial charge in [-0.25, -0.2) is 9.97 Å². The predicted molar refractivity (Wildman–Crippen MR) is 147 cm³/mol. The summed E-state index contributed by atoms with van der Waals surface area (Å²) in [7, 11) is 0. The first-order valence-corrected chi connectivity index (χ1v) is 13.1. The molecule has 6 heterocycles. The smallest absolute Gasteiger partial charge is 0.161 e. The number of fused-ring (bicyclic) bond motifs is 2. The van der Waals surface area contributed by atoms with Crippen molar-refractivity contribution in [3.63, 3.8) is 0 Å². The van der Waals surface area contributed by atoms with E-state index in [2.05, 4.69) is 41.5 Å². The lowest BCUT2D eigenvalue weighted by molar-refractivity contribution is 0.489. The largest absolute Gasteiger partial charge is 0.335 e. The Bertz CT molecular complexity index is 1710. The van der Waals surface area contributed by atoms with Crippen molar-refractivity contribution in [2.75, 3.05) is 6.54 Å². The van der Waals surface area contributed by atoms with Gasteiger partial charge in [-0.2, -0.15) is 5.10 Å². The normalized spacial score (nSPS) is 14.1. The van der Waals surface area contributed by atoms with Crippen molar-refractivity contribution < 1.29 is 0 Å². The van der Waals surface area contributed by atoms with E-state index < -0.39 is 0 Å².